The molecule has 94 valence electrons. The number of nitrogens with zero attached hydrogens (tertiary/aromatic N) is 2. The molecule has 1 aromatic heterocycles. The summed E-state index contributed by atoms with van der Waals surface area (Å²) in [5.74, 6) is -0.725. The zero-order chi connectivity index (χ0) is 13.0. The van der Waals surface area contributed by atoms with Gasteiger partial charge in [-0.2, -0.15) is 0 Å². The highest BCUT2D eigenvalue weighted by Gasteiger charge is 2.21. The number of rotatable bonds is 5. The Labute approximate surface area is 99.2 Å². The zero-order valence-electron chi connectivity index (χ0n) is 10.1. The number of hydrogen-bond donors (Lipinski definition) is 1. The van der Waals surface area contributed by atoms with Crippen molar-refractivity contribution in [3.05, 3.63) is 17.5 Å². The van der Waals surface area contributed by atoms with Gasteiger partial charge >= 0.3 is 5.97 Å². The highest BCUT2D eigenvalue weighted by atomic mass is 16.5. The molecule has 0 bridgehead atoms. The van der Waals surface area contributed by atoms with Crippen LogP contribution in [0.5, 0.6) is 0 Å². The van der Waals surface area contributed by atoms with Crippen molar-refractivity contribution in [3.63, 3.8) is 0 Å². The number of aromatic nitrogens is 1. The van der Waals surface area contributed by atoms with Gasteiger partial charge in [0.1, 0.15) is 12.3 Å². The van der Waals surface area contributed by atoms with Crippen molar-refractivity contribution in [2.75, 3.05) is 13.1 Å². The predicted octanol–water partition coefficient (Wildman–Crippen LogP) is 1.34. The lowest BCUT2D eigenvalue weighted by Gasteiger charge is -2.16. The maximum Gasteiger partial charge on any atom is 0.323 e. The Morgan fingerprint density at radius 1 is 1.53 bits per heavy atom. The molecule has 0 saturated carbocycles. The third kappa shape index (κ3) is 3.30. The minimum atomic E-state index is -1.05. The first kappa shape index (κ1) is 13.2. The van der Waals surface area contributed by atoms with Crippen LogP contribution in [0.4, 0.5) is 0 Å². The number of carbonyl (C=O) groups excluding carboxylic acids is 1. The van der Waals surface area contributed by atoms with E-state index < -0.39 is 11.9 Å². The van der Waals surface area contributed by atoms with Crippen LogP contribution in [0.2, 0.25) is 0 Å². The van der Waals surface area contributed by atoms with E-state index in [1.165, 1.54) is 4.90 Å². The molecule has 0 aliphatic carbocycles. The van der Waals surface area contributed by atoms with Gasteiger partial charge < -0.3 is 14.5 Å². The molecule has 1 heterocycles. The zero-order valence-corrected chi connectivity index (χ0v) is 10.1. The van der Waals surface area contributed by atoms with Gasteiger partial charge in [-0.1, -0.05) is 19.0 Å². The molecular formula is C11H16N2O4. The van der Waals surface area contributed by atoms with E-state index in [-0.39, 0.29) is 18.2 Å². The molecule has 0 aliphatic heterocycles. The summed E-state index contributed by atoms with van der Waals surface area (Å²) in [7, 11) is 0. The summed E-state index contributed by atoms with van der Waals surface area (Å²) in [6, 6.07) is 1.55. The van der Waals surface area contributed by atoms with Crippen LogP contribution in [0, 0.1) is 0 Å². The summed E-state index contributed by atoms with van der Waals surface area (Å²) < 4.78 is 5.00. The molecule has 0 spiro atoms. The van der Waals surface area contributed by atoms with E-state index in [9.17, 15) is 9.59 Å². The second kappa shape index (κ2) is 5.47. The maximum atomic E-state index is 11.9. The minimum Gasteiger partial charge on any atom is -0.480 e. The first-order valence-corrected chi connectivity index (χ1v) is 5.43. The molecule has 1 rings (SSSR count). The van der Waals surface area contributed by atoms with Crippen LogP contribution in [0.1, 0.15) is 42.9 Å². The quantitative estimate of drug-likeness (QED) is 0.839. The fraction of sp³-hybridized carbons (Fsp3) is 0.545. The number of carboxylic acids is 1. The van der Waals surface area contributed by atoms with Crippen molar-refractivity contribution in [1.29, 1.82) is 0 Å². The summed E-state index contributed by atoms with van der Waals surface area (Å²) in [5.41, 5.74) is 0.150. The molecule has 1 aromatic rings. The molecule has 0 aliphatic rings. The van der Waals surface area contributed by atoms with Crippen molar-refractivity contribution in [2.24, 2.45) is 0 Å². The monoisotopic (exact) mass is 240 g/mol. The third-order valence-electron chi connectivity index (χ3n) is 2.31. The molecule has 0 radical (unpaired) electrons. The molecule has 6 heteroatoms. The van der Waals surface area contributed by atoms with Crippen LogP contribution in [0.3, 0.4) is 0 Å². The average molecular weight is 240 g/mol. The van der Waals surface area contributed by atoms with Gasteiger partial charge in [0.25, 0.3) is 5.91 Å². The van der Waals surface area contributed by atoms with Crippen molar-refractivity contribution in [3.8, 4) is 0 Å². The van der Waals surface area contributed by atoms with E-state index in [0.29, 0.717) is 12.3 Å². The van der Waals surface area contributed by atoms with Gasteiger partial charge in [0.2, 0.25) is 0 Å². The average Bonchev–Trinajstić information content (AvgIpc) is 2.73. The van der Waals surface area contributed by atoms with E-state index in [1.54, 1.807) is 13.0 Å². The van der Waals surface area contributed by atoms with Crippen molar-refractivity contribution >= 4 is 11.9 Å². The lowest BCUT2D eigenvalue weighted by molar-refractivity contribution is -0.137. The lowest BCUT2D eigenvalue weighted by atomic mass is 10.1. The number of hydrogen-bond acceptors (Lipinski definition) is 4. The maximum absolute atomic E-state index is 11.9. The summed E-state index contributed by atoms with van der Waals surface area (Å²) in [6.07, 6.45) is 0. The normalized spacial score (nSPS) is 10.6. The van der Waals surface area contributed by atoms with Gasteiger partial charge in [-0.05, 0) is 6.92 Å². The summed E-state index contributed by atoms with van der Waals surface area (Å²) >= 11 is 0. The van der Waals surface area contributed by atoms with Crippen LogP contribution < -0.4 is 0 Å². The van der Waals surface area contributed by atoms with Gasteiger partial charge in [0, 0.05) is 18.5 Å². The topological polar surface area (TPSA) is 83.6 Å². The summed E-state index contributed by atoms with van der Waals surface area (Å²) in [5, 5.41) is 12.3. The highest BCUT2D eigenvalue weighted by molar-refractivity contribution is 5.94. The molecule has 1 amide bonds. The molecule has 0 atom stereocenters. The molecule has 17 heavy (non-hydrogen) atoms. The van der Waals surface area contributed by atoms with Gasteiger partial charge in [-0.3, -0.25) is 9.59 Å². The third-order valence-corrected chi connectivity index (χ3v) is 2.31. The molecule has 0 unspecified atom stereocenters. The molecule has 0 fully saturated rings. The van der Waals surface area contributed by atoms with Crippen LogP contribution in [-0.2, 0) is 4.79 Å². The first-order valence-electron chi connectivity index (χ1n) is 5.43. The smallest absolute Gasteiger partial charge is 0.323 e. The Balaban J connectivity index is 2.82. The van der Waals surface area contributed by atoms with Gasteiger partial charge in [0.05, 0.1) is 0 Å². The highest BCUT2D eigenvalue weighted by Crippen LogP contribution is 2.16. The van der Waals surface area contributed by atoms with E-state index in [4.69, 9.17) is 9.63 Å². The Morgan fingerprint density at radius 2 is 2.18 bits per heavy atom. The van der Waals surface area contributed by atoms with Crippen molar-refractivity contribution < 1.29 is 19.2 Å². The Bertz CT molecular complexity index is 411. The summed E-state index contributed by atoms with van der Waals surface area (Å²) in [6.45, 7) is 5.53. The van der Waals surface area contributed by atoms with Gasteiger partial charge in [-0.15, -0.1) is 0 Å². The van der Waals surface area contributed by atoms with Crippen molar-refractivity contribution in [2.45, 2.75) is 26.7 Å². The Kier molecular flexibility index (Phi) is 4.25. The van der Waals surface area contributed by atoms with E-state index in [0.717, 1.165) is 0 Å². The largest absolute Gasteiger partial charge is 0.480 e. The Hall–Kier alpha value is -1.85. The minimum absolute atomic E-state index is 0.138. The Morgan fingerprint density at radius 3 is 2.59 bits per heavy atom. The molecule has 1 N–H and O–H groups in total. The second-order valence-corrected chi connectivity index (χ2v) is 3.98. The number of carbonyl (C=O) groups is 2. The van der Waals surface area contributed by atoms with Gasteiger partial charge in [-0.25, -0.2) is 0 Å². The van der Waals surface area contributed by atoms with Crippen LogP contribution in [0.15, 0.2) is 10.6 Å². The summed E-state index contributed by atoms with van der Waals surface area (Å²) in [4.78, 5) is 23.7. The van der Waals surface area contributed by atoms with Crippen LogP contribution >= 0.6 is 0 Å². The molecule has 6 nitrogen and oxygen atoms in total. The standard InChI is InChI=1S/C11H16N2O4/c1-4-13(6-10(14)15)11(16)8-5-9(7(2)3)17-12-8/h5,7H,4,6H2,1-3H3,(H,14,15). The first-order chi connectivity index (χ1) is 7.95. The van der Waals surface area contributed by atoms with E-state index in [2.05, 4.69) is 5.16 Å². The van der Waals surface area contributed by atoms with E-state index in [1.807, 2.05) is 13.8 Å². The number of amides is 1. The van der Waals surface area contributed by atoms with Gasteiger partial charge in [0.15, 0.2) is 5.69 Å². The molecule has 0 aromatic carbocycles. The second-order valence-electron chi connectivity index (χ2n) is 3.98. The molecular weight excluding hydrogens is 224 g/mol. The molecule has 0 saturated heterocycles. The fourth-order valence-electron chi connectivity index (χ4n) is 1.31. The van der Waals surface area contributed by atoms with Crippen molar-refractivity contribution in [1.82, 2.24) is 10.1 Å². The predicted molar refractivity (Wildman–Crippen MR) is 59.8 cm³/mol. The van der Waals surface area contributed by atoms with E-state index >= 15 is 0 Å². The number of carboxylic acid groups (broad SMARTS) is 1. The number of likely N-dealkylation sites (N-methyl/N-ethyl adjacent to an activating group) is 1. The number of aliphatic carboxylic acids is 1. The SMILES string of the molecule is CCN(CC(=O)O)C(=O)c1cc(C(C)C)on1. The fourth-order valence-corrected chi connectivity index (χ4v) is 1.31. The lowest BCUT2D eigenvalue weighted by Crippen LogP contribution is -2.35. The van der Waals surface area contributed by atoms with Crippen LogP contribution in [-0.4, -0.2) is 40.1 Å². The van der Waals surface area contributed by atoms with Crippen LogP contribution in [0.25, 0.3) is 0 Å².